The summed E-state index contributed by atoms with van der Waals surface area (Å²) in [7, 11) is -3.70. The van der Waals surface area contributed by atoms with Crippen molar-refractivity contribution in [3.63, 3.8) is 0 Å². The number of amides is 4. The Bertz CT molecular complexity index is 2210. The van der Waals surface area contributed by atoms with Crippen LogP contribution in [0.5, 0.6) is 5.75 Å². The van der Waals surface area contributed by atoms with Crippen molar-refractivity contribution < 1.29 is 32.3 Å². The number of hydrogen-bond donors (Lipinski definition) is 5. The molecule has 0 aliphatic carbocycles. The molecule has 0 bridgehead atoms. The number of aromatic nitrogens is 2. The van der Waals surface area contributed by atoms with Gasteiger partial charge >= 0.3 is 0 Å². The van der Waals surface area contributed by atoms with Crippen molar-refractivity contribution in [3.05, 3.63) is 90.1 Å². The van der Waals surface area contributed by atoms with Gasteiger partial charge in [0.05, 0.1) is 11.5 Å². The van der Waals surface area contributed by atoms with Crippen molar-refractivity contribution in [1.82, 2.24) is 24.9 Å². The summed E-state index contributed by atoms with van der Waals surface area (Å²) in [5.74, 6) is 0.274. The van der Waals surface area contributed by atoms with Crippen LogP contribution < -0.4 is 30.7 Å². The largest absolute Gasteiger partial charge is 0.494 e. The topological polar surface area (TPSA) is 201 Å². The van der Waals surface area contributed by atoms with E-state index in [-0.39, 0.29) is 35.6 Å². The van der Waals surface area contributed by atoms with Gasteiger partial charge in [0.2, 0.25) is 33.7 Å². The number of nitrogens with zero attached hydrogens (tertiary/aromatic N) is 3. The van der Waals surface area contributed by atoms with Crippen molar-refractivity contribution in [3.8, 4) is 5.75 Å². The molecule has 4 amide bonds. The van der Waals surface area contributed by atoms with Gasteiger partial charge in [-0.25, -0.2) is 18.1 Å². The van der Waals surface area contributed by atoms with Crippen LogP contribution in [0.1, 0.15) is 81.6 Å². The standard InChI is InChI=1S/C40H46N8O7S/c1-40(2,3)47-56(53,54)29-11-7-10-27(24-29)42-34-21-22-41-39(45-34)43-26-17-19-28(20-18-26)55-23-6-4-5-15-35(49)44-32-13-8-12-30-31(32)25-48(38(30)52)33-14-9-16-36(50)46-37(33)51/h7-8,10-13,17-22,24,33,47H,4-6,9,14-16,23,25H2,1-3H3,(H,44,49)(H,46,50,51)(H2,41,42,43,45)/t33-/m0/s1. The SMILES string of the molecule is CC(C)(C)NS(=O)(=O)c1cccc(Nc2ccnc(Nc3ccc(OCCCCCC(=O)Nc4cccc5c4CN([C@H]4CCCC(=O)NC4=O)C5=O)cc3)n2)c1. The van der Waals surface area contributed by atoms with Gasteiger partial charge in [-0.2, -0.15) is 4.98 Å². The minimum Gasteiger partial charge on any atom is -0.494 e. The Hall–Kier alpha value is -5.87. The van der Waals surface area contributed by atoms with Gasteiger partial charge in [0.15, 0.2) is 0 Å². The maximum absolute atomic E-state index is 13.2. The molecule has 1 fully saturated rings. The quantitative estimate of drug-likeness (QED) is 0.0724. The first-order chi connectivity index (χ1) is 26.7. The molecule has 56 heavy (non-hydrogen) atoms. The second-order valence-corrected chi connectivity index (χ2v) is 16.4. The van der Waals surface area contributed by atoms with E-state index in [9.17, 15) is 27.6 Å². The Labute approximate surface area is 326 Å². The number of imide groups is 1. The number of hydrogen-bond acceptors (Lipinski definition) is 11. The molecular formula is C40H46N8O7S. The third-order valence-electron chi connectivity index (χ3n) is 9.03. The fraction of sp³-hybridized carbons (Fsp3) is 0.350. The summed E-state index contributed by atoms with van der Waals surface area (Å²) in [6.07, 6.45) is 5.24. The molecule has 1 saturated heterocycles. The normalized spacial score (nSPS) is 15.8. The number of benzene rings is 3. The van der Waals surface area contributed by atoms with E-state index in [0.717, 1.165) is 18.5 Å². The lowest BCUT2D eigenvalue weighted by Crippen LogP contribution is -2.46. The van der Waals surface area contributed by atoms with Crippen LogP contribution >= 0.6 is 0 Å². The smallest absolute Gasteiger partial charge is 0.255 e. The van der Waals surface area contributed by atoms with Crippen molar-refractivity contribution >= 4 is 62.5 Å². The Balaban J connectivity index is 0.916. The number of ether oxygens (including phenoxy) is 1. The van der Waals surface area contributed by atoms with Gasteiger partial charge in [-0.05, 0) is 114 Å². The molecule has 16 heteroatoms. The lowest BCUT2D eigenvalue weighted by Gasteiger charge is -2.24. The Morgan fingerprint density at radius 3 is 2.52 bits per heavy atom. The van der Waals surface area contributed by atoms with Gasteiger partial charge in [-0.1, -0.05) is 12.1 Å². The van der Waals surface area contributed by atoms with Crippen LogP contribution in [0.3, 0.4) is 0 Å². The summed E-state index contributed by atoms with van der Waals surface area (Å²) < 4.78 is 34.1. The molecule has 0 spiro atoms. The number of fused-ring (bicyclic) bond motifs is 1. The fourth-order valence-electron chi connectivity index (χ4n) is 6.46. The zero-order valence-electron chi connectivity index (χ0n) is 31.6. The van der Waals surface area contributed by atoms with Crippen LogP contribution in [-0.4, -0.2) is 65.1 Å². The summed E-state index contributed by atoms with van der Waals surface area (Å²) in [5.41, 5.74) is 2.36. The van der Waals surface area contributed by atoms with Crippen LogP contribution in [-0.2, 0) is 31.0 Å². The molecule has 15 nitrogen and oxygen atoms in total. The average molecular weight is 783 g/mol. The maximum atomic E-state index is 13.2. The van der Waals surface area contributed by atoms with E-state index in [4.69, 9.17) is 4.74 Å². The first kappa shape index (κ1) is 39.8. The lowest BCUT2D eigenvalue weighted by molar-refractivity contribution is -0.132. The lowest BCUT2D eigenvalue weighted by atomic mass is 10.1. The minimum absolute atomic E-state index is 0.139. The fourth-order valence-corrected chi connectivity index (χ4v) is 7.92. The molecule has 3 aromatic carbocycles. The molecule has 0 radical (unpaired) electrons. The number of rotatable bonds is 15. The van der Waals surface area contributed by atoms with Crippen molar-refractivity contribution in [2.75, 3.05) is 22.6 Å². The summed E-state index contributed by atoms with van der Waals surface area (Å²) in [5, 5.41) is 11.6. The van der Waals surface area contributed by atoms with E-state index >= 15 is 0 Å². The Kier molecular flexibility index (Phi) is 12.3. The molecule has 6 rings (SSSR count). The van der Waals surface area contributed by atoms with Crippen LogP contribution in [0.15, 0.2) is 83.9 Å². The van der Waals surface area contributed by atoms with Gasteiger partial charge in [0, 0.05) is 59.3 Å². The van der Waals surface area contributed by atoms with E-state index in [1.54, 1.807) is 69.4 Å². The first-order valence-corrected chi connectivity index (χ1v) is 20.0. The van der Waals surface area contributed by atoms with Gasteiger partial charge in [-0.15, -0.1) is 0 Å². The molecule has 4 aromatic rings. The number of nitrogens with one attached hydrogen (secondary N) is 5. The number of carbonyl (C=O) groups excluding carboxylic acids is 4. The number of anilines is 5. The summed E-state index contributed by atoms with van der Waals surface area (Å²) in [4.78, 5) is 60.8. The average Bonchev–Trinajstić information content (AvgIpc) is 3.37. The van der Waals surface area contributed by atoms with Crippen molar-refractivity contribution in [1.29, 1.82) is 0 Å². The molecular weight excluding hydrogens is 737 g/mol. The number of unbranched alkanes of at least 4 members (excludes halogenated alkanes) is 2. The predicted molar refractivity (Wildman–Crippen MR) is 211 cm³/mol. The first-order valence-electron chi connectivity index (χ1n) is 18.5. The van der Waals surface area contributed by atoms with Crippen molar-refractivity contribution in [2.24, 2.45) is 0 Å². The Morgan fingerprint density at radius 2 is 1.73 bits per heavy atom. The molecule has 294 valence electrons. The monoisotopic (exact) mass is 782 g/mol. The highest BCUT2D eigenvalue weighted by Gasteiger charge is 2.39. The van der Waals surface area contributed by atoms with E-state index in [1.807, 2.05) is 24.3 Å². The van der Waals surface area contributed by atoms with Crippen LogP contribution in [0.2, 0.25) is 0 Å². The highest BCUT2D eigenvalue weighted by Crippen LogP contribution is 2.32. The summed E-state index contributed by atoms with van der Waals surface area (Å²) in [6, 6.07) is 20.0. The molecule has 3 heterocycles. The highest BCUT2D eigenvalue weighted by molar-refractivity contribution is 7.89. The van der Waals surface area contributed by atoms with E-state index in [2.05, 4.69) is 36.0 Å². The predicted octanol–water partition coefficient (Wildman–Crippen LogP) is 5.77. The van der Waals surface area contributed by atoms with Crippen LogP contribution in [0, 0.1) is 0 Å². The third kappa shape index (κ3) is 10.5. The number of carbonyl (C=O) groups is 4. The van der Waals surface area contributed by atoms with Gasteiger partial charge < -0.3 is 25.6 Å². The van der Waals surface area contributed by atoms with Gasteiger partial charge in [-0.3, -0.25) is 24.5 Å². The van der Waals surface area contributed by atoms with Crippen LogP contribution in [0.4, 0.5) is 28.8 Å². The van der Waals surface area contributed by atoms with E-state index < -0.39 is 27.5 Å². The molecule has 1 aromatic heterocycles. The summed E-state index contributed by atoms with van der Waals surface area (Å²) >= 11 is 0. The van der Waals surface area contributed by atoms with Gasteiger partial charge in [0.1, 0.15) is 17.6 Å². The molecule has 2 aliphatic heterocycles. The van der Waals surface area contributed by atoms with Crippen molar-refractivity contribution in [2.45, 2.75) is 88.7 Å². The maximum Gasteiger partial charge on any atom is 0.255 e. The third-order valence-corrected chi connectivity index (χ3v) is 10.8. The molecule has 1 atom stereocenters. The zero-order valence-corrected chi connectivity index (χ0v) is 32.4. The summed E-state index contributed by atoms with van der Waals surface area (Å²) in [6.45, 7) is 6.01. The number of sulfonamides is 1. The molecule has 0 unspecified atom stereocenters. The second-order valence-electron chi connectivity index (χ2n) is 14.7. The minimum atomic E-state index is -3.70. The van der Waals surface area contributed by atoms with E-state index in [1.165, 1.54) is 11.0 Å². The molecule has 2 aliphatic rings. The highest BCUT2D eigenvalue weighted by atomic mass is 32.2. The van der Waals surface area contributed by atoms with E-state index in [0.29, 0.717) is 72.3 Å². The van der Waals surface area contributed by atoms with Gasteiger partial charge in [0.25, 0.3) is 5.91 Å². The zero-order chi connectivity index (χ0) is 39.9. The molecule has 0 saturated carbocycles. The van der Waals surface area contributed by atoms with Crippen LogP contribution in [0.25, 0.3) is 0 Å². The second kappa shape index (κ2) is 17.3. The Morgan fingerprint density at radius 1 is 0.946 bits per heavy atom. The molecule has 5 N–H and O–H groups in total.